The summed E-state index contributed by atoms with van der Waals surface area (Å²) < 4.78 is 13.4. The van der Waals surface area contributed by atoms with Crippen molar-refractivity contribution in [3.05, 3.63) is 65.2 Å². The van der Waals surface area contributed by atoms with Gasteiger partial charge in [-0.15, -0.1) is 0 Å². The molecule has 0 atom stereocenters. The summed E-state index contributed by atoms with van der Waals surface area (Å²) in [5.41, 5.74) is 5.79. The number of nitrogens with two attached hydrogens (primary N) is 1. The van der Waals surface area contributed by atoms with Crippen molar-refractivity contribution >= 4 is 11.8 Å². The van der Waals surface area contributed by atoms with E-state index in [0.717, 1.165) is 0 Å². The summed E-state index contributed by atoms with van der Waals surface area (Å²) in [4.78, 5) is 26.4. The molecule has 0 bridgehead atoms. The molecular formula is C14H12FN3O2. The molecule has 0 aliphatic carbocycles. The van der Waals surface area contributed by atoms with Crippen LogP contribution >= 0.6 is 0 Å². The van der Waals surface area contributed by atoms with E-state index in [2.05, 4.69) is 10.3 Å². The first-order chi connectivity index (χ1) is 9.58. The standard InChI is InChI=1S/C14H12FN3O2/c15-11-4-2-1-3-9(11)7-18-14(20)10-5-6-12(13(16)19)17-8-10/h1-6,8H,7H2,(H2,16,19)(H,18,20). The van der Waals surface area contributed by atoms with Gasteiger partial charge in [-0.25, -0.2) is 4.39 Å². The number of aromatic nitrogens is 1. The highest BCUT2D eigenvalue weighted by Crippen LogP contribution is 2.06. The van der Waals surface area contributed by atoms with E-state index in [-0.39, 0.29) is 23.6 Å². The first-order valence-electron chi connectivity index (χ1n) is 5.85. The average Bonchev–Trinajstić information content (AvgIpc) is 2.46. The number of benzene rings is 1. The van der Waals surface area contributed by atoms with Gasteiger partial charge in [-0.2, -0.15) is 0 Å². The van der Waals surface area contributed by atoms with Gasteiger partial charge in [0.15, 0.2) is 0 Å². The van der Waals surface area contributed by atoms with Crippen LogP contribution in [-0.4, -0.2) is 16.8 Å². The molecule has 5 nitrogen and oxygen atoms in total. The maximum Gasteiger partial charge on any atom is 0.267 e. The van der Waals surface area contributed by atoms with Crippen LogP contribution in [0.15, 0.2) is 42.6 Å². The van der Waals surface area contributed by atoms with E-state index in [4.69, 9.17) is 5.73 Å². The Balaban J connectivity index is 2.02. The zero-order chi connectivity index (χ0) is 14.5. The summed E-state index contributed by atoms with van der Waals surface area (Å²) >= 11 is 0. The minimum Gasteiger partial charge on any atom is -0.364 e. The molecule has 0 spiro atoms. The third-order valence-electron chi connectivity index (χ3n) is 2.68. The Morgan fingerprint density at radius 1 is 1.20 bits per heavy atom. The summed E-state index contributed by atoms with van der Waals surface area (Å²) in [6.07, 6.45) is 1.25. The van der Waals surface area contributed by atoms with Gasteiger partial charge in [-0.3, -0.25) is 14.6 Å². The van der Waals surface area contributed by atoms with E-state index < -0.39 is 11.8 Å². The number of hydrogen-bond donors (Lipinski definition) is 2. The summed E-state index contributed by atoms with van der Waals surface area (Å²) in [6.45, 7) is 0.0725. The molecule has 1 aromatic heterocycles. The lowest BCUT2D eigenvalue weighted by Crippen LogP contribution is -2.24. The molecule has 6 heteroatoms. The Bertz CT molecular complexity index is 641. The van der Waals surface area contributed by atoms with Crippen molar-refractivity contribution < 1.29 is 14.0 Å². The lowest BCUT2D eigenvalue weighted by molar-refractivity contribution is 0.0946. The Labute approximate surface area is 114 Å². The van der Waals surface area contributed by atoms with Gasteiger partial charge in [0.05, 0.1) is 5.56 Å². The molecule has 3 N–H and O–H groups in total. The number of rotatable bonds is 4. The van der Waals surface area contributed by atoms with Crippen molar-refractivity contribution in [3.63, 3.8) is 0 Å². The summed E-state index contributed by atoms with van der Waals surface area (Å²) in [5, 5.41) is 2.57. The minimum absolute atomic E-state index is 0.0725. The summed E-state index contributed by atoms with van der Waals surface area (Å²) in [7, 11) is 0. The topological polar surface area (TPSA) is 85.1 Å². The molecule has 0 unspecified atom stereocenters. The van der Waals surface area contributed by atoms with E-state index in [1.165, 1.54) is 24.4 Å². The van der Waals surface area contributed by atoms with Gasteiger partial charge in [0.25, 0.3) is 11.8 Å². The fraction of sp³-hybridized carbons (Fsp3) is 0.0714. The van der Waals surface area contributed by atoms with Crippen LogP contribution in [0.4, 0.5) is 4.39 Å². The fourth-order valence-electron chi connectivity index (χ4n) is 1.59. The lowest BCUT2D eigenvalue weighted by atomic mass is 10.2. The monoisotopic (exact) mass is 273 g/mol. The van der Waals surface area contributed by atoms with Crippen LogP contribution in [0.2, 0.25) is 0 Å². The number of carbonyl (C=O) groups excluding carboxylic acids is 2. The lowest BCUT2D eigenvalue weighted by Gasteiger charge is -2.06. The van der Waals surface area contributed by atoms with E-state index in [1.54, 1.807) is 18.2 Å². The smallest absolute Gasteiger partial charge is 0.267 e. The number of pyridine rings is 1. The zero-order valence-electron chi connectivity index (χ0n) is 10.5. The number of nitrogens with one attached hydrogen (secondary N) is 1. The van der Waals surface area contributed by atoms with Crippen LogP contribution in [0.25, 0.3) is 0 Å². The summed E-state index contributed by atoms with van der Waals surface area (Å²) in [5.74, 6) is -1.45. The molecular weight excluding hydrogens is 261 g/mol. The van der Waals surface area contributed by atoms with E-state index in [1.807, 2.05) is 0 Å². The van der Waals surface area contributed by atoms with E-state index >= 15 is 0 Å². The zero-order valence-corrected chi connectivity index (χ0v) is 10.5. The van der Waals surface area contributed by atoms with Crippen molar-refractivity contribution in [1.29, 1.82) is 0 Å². The van der Waals surface area contributed by atoms with Gasteiger partial charge in [0.2, 0.25) is 0 Å². The van der Waals surface area contributed by atoms with E-state index in [9.17, 15) is 14.0 Å². The number of nitrogens with zero attached hydrogens (tertiary/aromatic N) is 1. The van der Waals surface area contributed by atoms with Crippen LogP contribution < -0.4 is 11.1 Å². The van der Waals surface area contributed by atoms with Crippen molar-refractivity contribution in [2.75, 3.05) is 0 Å². The Hall–Kier alpha value is -2.76. The number of halogens is 1. The number of amides is 2. The molecule has 2 aromatic rings. The Morgan fingerprint density at radius 2 is 1.95 bits per heavy atom. The van der Waals surface area contributed by atoms with Crippen molar-refractivity contribution in [3.8, 4) is 0 Å². The van der Waals surface area contributed by atoms with Gasteiger partial charge in [0.1, 0.15) is 11.5 Å². The average molecular weight is 273 g/mol. The predicted molar refractivity (Wildman–Crippen MR) is 70.3 cm³/mol. The maximum atomic E-state index is 13.4. The second kappa shape index (κ2) is 5.92. The highest BCUT2D eigenvalue weighted by molar-refractivity contribution is 5.95. The molecule has 2 rings (SSSR count). The van der Waals surface area contributed by atoms with Crippen molar-refractivity contribution in [2.24, 2.45) is 5.73 Å². The highest BCUT2D eigenvalue weighted by Gasteiger charge is 2.09. The van der Waals surface area contributed by atoms with Gasteiger partial charge in [0, 0.05) is 18.3 Å². The van der Waals surface area contributed by atoms with Crippen molar-refractivity contribution in [2.45, 2.75) is 6.54 Å². The fourth-order valence-corrected chi connectivity index (χ4v) is 1.59. The first kappa shape index (κ1) is 13.7. The minimum atomic E-state index is -0.664. The van der Waals surface area contributed by atoms with Gasteiger partial charge < -0.3 is 11.1 Å². The van der Waals surface area contributed by atoms with Crippen LogP contribution in [0.3, 0.4) is 0 Å². The molecule has 0 aliphatic heterocycles. The van der Waals surface area contributed by atoms with Crippen molar-refractivity contribution in [1.82, 2.24) is 10.3 Å². The maximum absolute atomic E-state index is 13.4. The predicted octanol–water partition coefficient (Wildman–Crippen LogP) is 1.25. The quantitative estimate of drug-likeness (QED) is 0.879. The number of hydrogen-bond acceptors (Lipinski definition) is 3. The summed E-state index contributed by atoms with van der Waals surface area (Å²) in [6, 6.07) is 8.97. The Kier molecular flexibility index (Phi) is 4.05. The molecule has 102 valence electrons. The van der Waals surface area contributed by atoms with E-state index in [0.29, 0.717) is 5.56 Å². The second-order valence-electron chi connectivity index (χ2n) is 4.07. The molecule has 0 aliphatic rings. The third-order valence-corrected chi connectivity index (χ3v) is 2.68. The molecule has 1 aromatic carbocycles. The first-order valence-corrected chi connectivity index (χ1v) is 5.85. The molecule has 0 fully saturated rings. The molecule has 0 saturated carbocycles. The SMILES string of the molecule is NC(=O)c1ccc(C(=O)NCc2ccccc2F)cn1. The molecule has 0 radical (unpaired) electrons. The molecule has 0 saturated heterocycles. The highest BCUT2D eigenvalue weighted by atomic mass is 19.1. The Morgan fingerprint density at radius 3 is 2.55 bits per heavy atom. The van der Waals surface area contributed by atoms with Crippen LogP contribution in [0.5, 0.6) is 0 Å². The van der Waals surface area contributed by atoms with Gasteiger partial charge in [-0.1, -0.05) is 18.2 Å². The number of carbonyl (C=O) groups is 2. The third kappa shape index (κ3) is 3.17. The largest absolute Gasteiger partial charge is 0.364 e. The second-order valence-corrected chi connectivity index (χ2v) is 4.07. The van der Waals surface area contributed by atoms with Crippen LogP contribution in [0.1, 0.15) is 26.4 Å². The molecule has 20 heavy (non-hydrogen) atoms. The molecule has 1 heterocycles. The van der Waals surface area contributed by atoms with Crippen LogP contribution in [0, 0.1) is 5.82 Å². The normalized spacial score (nSPS) is 10.1. The van der Waals surface area contributed by atoms with Gasteiger partial charge >= 0.3 is 0 Å². The number of primary amides is 1. The van der Waals surface area contributed by atoms with Gasteiger partial charge in [-0.05, 0) is 18.2 Å². The van der Waals surface area contributed by atoms with Crippen LogP contribution in [-0.2, 0) is 6.54 Å². The molecule has 2 amide bonds.